The van der Waals surface area contributed by atoms with Gasteiger partial charge in [0.25, 0.3) is 5.91 Å². The molecule has 1 saturated carbocycles. The zero-order chi connectivity index (χ0) is 13.1. The van der Waals surface area contributed by atoms with Crippen LogP contribution in [-0.4, -0.2) is 11.9 Å². The number of nitrogens with two attached hydrogens (primary N) is 2. The van der Waals surface area contributed by atoms with Crippen molar-refractivity contribution >= 4 is 17.3 Å². The maximum Gasteiger partial charge on any atom is 0.250 e. The molecule has 1 amide bonds. The molecular formula is C13H18FN3O. The molecule has 0 aromatic heterocycles. The molecule has 4 nitrogen and oxygen atoms in total. The molecule has 0 unspecified atom stereocenters. The molecular weight excluding hydrogens is 233 g/mol. The first kappa shape index (κ1) is 12.7. The monoisotopic (exact) mass is 251 g/mol. The van der Waals surface area contributed by atoms with Gasteiger partial charge < -0.3 is 16.8 Å². The Bertz CT molecular complexity index is 456. The predicted octanol–water partition coefficient (Wildman–Crippen LogP) is 2.25. The fourth-order valence-corrected chi connectivity index (χ4v) is 2.38. The summed E-state index contributed by atoms with van der Waals surface area (Å²) in [6.45, 7) is 0. The normalized spacial score (nSPS) is 16.5. The number of carbonyl (C=O) groups excluding carboxylic acids is 1. The first-order valence-electron chi connectivity index (χ1n) is 6.23. The van der Waals surface area contributed by atoms with Crippen LogP contribution in [0.25, 0.3) is 0 Å². The Balaban J connectivity index is 2.18. The zero-order valence-electron chi connectivity index (χ0n) is 10.2. The fraction of sp³-hybridized carbons (Fsp3) is 0.462. The van der Waals surface area contributed by atoms with E-state index in [9.17, 15) is 9.18 Å². The lowest BCUT2D eigenvalue weighted by Crippen LogP contribution is -2.23. The van der Waals surface area contributed by atoms with Crippen LogP contribution in [0.3, 0.4) is 0 Å². The van der Waals surface area contributed by atoms with E-state index in [0.717, 1.165) is 31.7 Å². The smallest absolute Gasteiger partial charge is 0.250 e. The Morgan fingerprint density at radius 2 is 1.94 bits per heavy atom. The summed E-state index contributed by atoms with van der Waals surface area (Å²) < 4.78 is 13.8. The van der Waals surface area contributed by atoms with Gasteiger partial charge in [-0.25, -0.2) is 4.39 Å². The van der Waals surface area contributed by atoms with Gasteiger partial charge in [-0.2, -0.15) is 0 Å². The van der Waals surface area contributed by atoms with Crippen LogP contribution in [0.15, 0.2) is 12.1 Å². The minimum absolute atomic E-state index is 0.0293. The number of halogens is 1. The average molecular weight is 251 g/mol. The number of hydrogen-bond donors (Lipinski definition) is 3. The molecule has 0 heterocycles. The standard InChI is InChI=1S/C13H18FN3O/c14-10-6-9(13(16)18)11(15)7-12(10)17-8-4-2-1-3-5-8/h6-8,17H,1-5,15H2,(H2,16,18). The maximum absolute atomic E-state index is 13.8. The molecule has 0 radical (unpaired) electrons. The molecule has 1 aliphatic rings. The second-order valence-electron chi connectivity index (χ2n) is 4.76. The average Bonchev–Trinajstić information content (AvgIpc) is 2.34. The van der Waals surface area contributed by atoms with Crippen LogP contribution in [0.2, 0.25) is 0 Å². The molecule has 1 aromatic rings. The fourth-order valence-electron chi connectivity index (χ4n) is 2.38. The van der Waals surface area contributed by atoms with Crippen molar-refractivity contribution in [3.63, 3.8) is 0 Å². The third kappa shape index (κ3) is 2.72. The van der Waals surface area contributed by atoms with Crippen molar-refractivity contribution in [2.45, 2.75) is 38.1 Å². The highest BCUT2D eigenvalue weighted by atomic mass is 19.1. The lowest BCUT2D eigenvalue weighted by molar-refractivity contribution is 0.100. The molecule has 18 heavy (non-hydrogen) atoms. The molecule has 0 spiro atoms. The van der Waals surface area contributed by atoms with Gasteiger partial charge in [0, 0.05) is 11.7 Å². The summed E-state index contributed by atoms with van der Waals surface area (Å²) in [4.78, 5) is 11.0. The minimum Gasteiger partial charge on any atom is -0.398 e. The number of hydrogen-bond acceptors (Lipinski definition) is 3. The Labute approximate surface area is 106 Å². The van der Waals surface area contributed by atoms with E-state index in [4.69, 9.17) is 11.5 Å². The summed E-state index contributed by atoms with van der Waals surface area (Å²) in [5.41, 5.74) is 11.4. The van der Waals surface area contributed by atoms with Crippen LogP contribution in [0, 0.1) is 5.82 Å². The quantitative estimate of drug-likeness (QED) is 0.721. The highest BCUT2D eigenvalue weighted by molar-refractivity contribution is 5.98. The van der Waals surface area contributed by atoms with E-state index in [0.29, 0.717) is 5.69 Å². The minimum atomic E-state index is -0.712. The first-order chi connectivity index (χ1) is 8.58. The molecule has 0 saturated heterocycles. The van der Waals surface area contributed by atoms with Gasteiger partial charge in [0.05, 0.1) is 11.3 Å². The predicted molar refractivity (Wildman–Crippen MR) is 69.8 cm³/mol. The molecule has 0 bridgehead atoms. The third-order valence-electron chi connectivity index (χ3n) is 3.37. The van der Waals surface area contributed by atoms with Gasteiger partial charge in [-0.15, -0.1) is 0 Å². The van der Waals surface area contributed by atoms with E-state index in [2.05, 4.69) is 5.32 Å². The van der Waals surface area contributed by atoms with Gasteiger partial charge in [-0.3, -0.25) is 4.79 Å². The summed E-state index contributed by atoms with van der Waals surface area (Å²) in [5, 5.41) is 3.15. The number of amides is 1. The van der Waals surface area contributed by atoms with Gasteiger partial charge in [0.15, 0.2) is 0 Å². The highest BCUT2D eigenvalue weighted by Crippen LogP contribution is 2.26. The van der Waals surface area contributed by atoms with Gasteiger partial charge in [0.1, 0.15) is 5.82 Å². The molecule has 2 rings (SSSR count). The summed E-state index contributed by atoms with van der Waals surface area (Å²) in [6.07, 6.45) is 5.64. The van der Waals surface area contributed by atoms with Crippen molar-refractivity contribution in [3.8, 4) is 0 Å². The van der Waals surface area contributed by atoms with E-state index < -0.39 is 11.7 Å². The van der Waals surface area contributed by atoms with Crippen molar-refractivity contribution in [2.24, 2.45) is 5.73 Å². The van der Waals surface area contributed by atoms with Crippen LogP contribution in [-0.2, 0) is 0 Å². The summed E-state index contributed by atoms with van der Waals surface area (Å²) in [7, 11) is 0. The van der Waals surface area contributed by atoms with Crippen molar-refractivity contribution in [1.82, 2.24) is 0 Å². The Morgan fingerprint density at radius 1 is 1.28 bits per heavy atom. The largest absolute Gasteiger partial charge is 0.398 e. The van der Waals surface area contributed by atoms with Gasteiger partial charge in [-0.1, -0.05) is 19.3 Å². The van der Waals surface area contributed by atoms with E-state index in [1.807, 2.05) is 0 Å². The third-order valence-corrected chi connectivity index (χ3v) is 3.37. The Morgan fingerprint density at radius 3 is 2.56 bits per heavy atom. The van der Waals surface area contributed by atoms with E-state index in [1.54, 1.807) is 0 Å². The molecule has 1 fully saturated rings. The Kier molecular flexibility index (Phi) is 3.69. The lowest BCUT2D eigenvalue weighted by Gasteiger charge is -2.24. The summed E-state index contributed by atoms with van der Waals surface area (Å²) in [5.74, 6) is -1.20. The van der Waals surface area contributed by atoms with Crippen molar-refractivity contribution in [1.29, 1.82) is 0 Å². The van der Waals surface area contributed by atoms with Crippen LogP contribution in [0.4, 0.5) is 15.8 Å². The number of nitrogen functional groups attached to an aromatic ring is 1. The number of anilines is 2. The highest BCUT2D eigenvalue weighted by Gasteiger charge is 2.17. The second kappa shape index (κ2) is 5.25. The molecule has 0 atom stereocenters. The number of rotatable bonds is 3. The topological polar surface area (TPSA) is 81.1 Å². The number of nitrogens with one attached hydrogen (secondary N) is 1. The van der Waals surface area contributed by atoms with Crippen LogP contribution in [0.5, 0.6) is 0 Å². The van der Waals surface area contributed by atoms with Crippen molar-refractivity contribution < 1.29 is 9.18 Å². The van der Waals surface area contributed by atoms with Crippen molar-refractivity contribution in [3.05, 3.63) is 23.5 Å². The number of primary amides is 1. The van der Waals surface area contributed by atoms with E-state index in [-0.39, 0.29) is 17.3 Å². The van der Waals surface area contributed by atoms with Gasteiger partial charge in [0.2, 0.25) is 0 Å². The second-order valence-corrected chi connectivity index (χ2v) is 4.76. The van der Waals surface area contributed by atoms with E-state index >= 15 is 0 Å². The van der Waals surface area contributed by atoms with Crippen molar-refractivity contribution in [2.75, 3.05) is 11.1 Å². The summed E-state index contributed by atoms with van der Waals surface area (Å²) >= 11 is 0. The molecule has 1 aromatic carbocycles. The van der Waals surface area contributed by atoms with Crippen LogP contribution < -0.4 is 16.8 Å². The molecule has 5 N–H and O–H groups in total. The SMILES string of the molecule is NC(=O)c1cc(F)c(NC2CCCCC2)cc1N. The van der Waals surface area contributed by atoms with Crippen LogP contribution in [0.1, 0.15) is 42.5 Å². The molecule has 98 valence electrons. The summed E-state index contributed by atoms with van der Waals surface area (Å²) in [6, 6.07) is 2.83. The molecule has 5 heteroatoms. The Hall–Kier alpha value is -1.78. The number of benzene rings is 1. The first-order valence-corrected chi connectivity index (χ1v) is 6.23. The van der Waals surface area contributed by atoms with Crippen LogP contribution >= 0.6 is 0 Å². The van der Waals surface area contributed by atoms with Gasteiger partial charge in [-0.05, 0) is 25.0 Å². The maximum atomic E-state index is 13.8. The lowest BCUT2D eigenvalue weighted by atomic mass is 9.95. The number of carbonyl (C=O) groups is 1. The molecule has 1 aliphatic carbocycles. The van der Waals surface area contributed by atoms with Gasteiger partial charge >= 0.3 is 0 Å². The zero-order valence-corrected chi connectivity index (χ0v) is 10.2. The molecule has 0 aliphatic heterocycles. The van der Waals surface area contributed by atoms with E-state index in [1.165, 1.54) is 12.5 Å².